The summed E-state index contributed by atoms with van der Waals surface area (Å²) >= 11 is 0. The third-order valence-corrected chi connectivity index (χ3v) is 2.92. The Morgan fingerprint density at radius 1 is 1.32 bits per heavy atom. The van der Waals surface area contributed by atoms with Gasteiger partial charge in [-0.3, -0.25) is 10.1 Å². The van der Waals surface area contributed by atoms with Crippen LogP contribution < -0.4 is 5.32 Å². The van der Waals surface area contributed by atoms with Crippen molar-refractivity contribution >= 4 is 17.8 Å². The van der Waals surface area contributed by atoms with Crippen molar-refractivity contribution < 1.29 is 23.1 Å². The van der Waals surface area contributed by atoms with Gasteiger partial charge in [0.1, 0.15) is 28.8 Å². The third-order valence-electron chi connectivity index (χ3n) is 2.92. The van der Waals surface area contributed by atoms with E-state index in [2.05, 4.69) is 10.1 Å². The van der Waals surface area contributed by atoms with Crippen LogP contribution in [0.4, 0.5) is 10.3 Å². The van der Waals surface area contributed by atoms with Crippen molar-refractivity contribution in [1.82, 2.24) is 0 Å². The quantitative estimate of drug-likeness (QED) is 0.880. The number of anilines is 1. The predicted molar refractivity (Wildman–Crippen MR) is 73.9 cm³/mol. The molecule has 1 N–H and O–H groups in total. The van der Waals surface area contributed by atoms with Crippen molar-refractivity contribution in [2.24, 2.45) is 0 Å². The molecular weight excluding hydrogens is 291 g/mol. The van der Waals surface area contributed by atoms with Gasteiger partial charge in [0.15, 0.2) is 0 Å². The van der Waals surface area contributed by atoms with Crippen LogP contribution in [0.5, 0.6) is 0 Å². The van der Waals surface area contributed by atoms with E-state index in [4.69, 9.17) is 9.68 Å². The van der Waals surface area contributed by atoms with E-state index in [1.54, 1.807) is 6.07 Å². The maximum Gasteiger partial charge on any atom is 0.342 e. The fourth-order valence-corrected chi connectivity index (χ4v) is 1.86. The molecule has 0 aliphatic carbocycles. The Labute approximate surface area is 125 Å². The zero-order valence-electron chi connectivity index (χ0n) is 11.8. The normalized spacial score (nSPS) is 9.91. The number of methoxy groups -OCH3 is 1. The Hall–Kier alpha value is -3.14. The van der Waals surface area contributed by atoms with Gasteiger partial charge in [0.25, 0.3) is 5.91 Å². The summed E-state index contributed by atoms with van der Waals surface area (Å²) in [6.07, 6.45) is 0. The smallest absolute Gasteiger partial charge is 0.342 e. The van der Waals surface area contributed by atoms with Crippen LogP contribution in [0.2, 0.25) is 0 Å². The molecule has 2 rings (SSSR count). The molecule has 1 heterocycles. The number of amides is 1. The first-order chi connectivity index (χ1) is 10.5. The molecule has 0 atom stereocenters. The fourth-order valence-electron chi connectivity index (χ4n) is 1.86. The zero-order valence-corrected chi connectivity index (χ0v) is 11.8. The first-order valence-electron chi connectivity index (χ1n) is 6.16. The summed E-state index contributed by atoms with van der Waals surface area (Å²) in [7, 11) is 1.17. The minimum absolute atomic E-state index is 0.0422. The van der Waals surface area contributed by atoms with Crippen LogP contribution in [0.15, 0.2) is 28.7 Å². The molecule has 1 aromatic heterocycles. The second-order valence-corrected chi connectivity index (χ2v) is 4.30. The lowest BCUT2D eigenvalue weighted by Gasteiger charge is -2.02. The SMILES string of the molecule is COC(=O)c1c(C)oc(NC(=O)c2ccc(F)cc2)c1C#N. The molecule has 1 aromatic carbocycles. The Bertz CT molecular complexity index is 772. The number of nitriles is 1. The highest BCUT2D eigenvalue weighted by Crippen LogP contribution is 2.27. The molecule has 0 radical (unpaired) electrons. The fraction of sp³-hybridized carbons (Fsp3) is 0.133. The molecule has 22 heavy (non-hydrogen) atoms. The third kappa shape index (κ3) is 2.81. The Morgan fingerprint density at radius 3 is 2.50 bits per heavy atom. The zero-order chi connectivity index (χ0) is 16.3. The molecule has 0 bridgehead atoms. The molecule has 0 saturated heterocycles. The van der Waals surface area contributed by atoms with E-state index in [0.717, 1.165) is 12.1 Å². The number of carbonyl (C=O) groups excluding carboxylic acids is 2. The van der Waals surface area contributed by atoms with Crippen molar-refractivity contribution in [2.45, 2.75) is 6.92 Å². The summed E-state index contributed by atoms with van der Waals surface area (Å²) in [6.45, 7) is 1.47. The second-order valence-electron chi connectivity index (χ2n) is 4.30. The number of rotatable bonds is 3. The largest absolute Gasteiger partial charge is 0.465 e. The number of nitrogens with zero attached hydrogens (tertiary/aromatic N) is 1. The summed E-state index contributed by atoms with van der Waals surface area (Å²) in [4.78, 5) is 23.7. The lowest BCUT2D eigenvalue weighted by atomic mass is 10.1. The highest BCUT2D eigenvalue weighted by atomic mass is 19.1. The molecule has 2 aromatic rings. The minimum atomic E-state index is -0.736. The van der Waals surface area contributed by atoms with Crippen molar-refractivity contribution in [3.8, 4) is 6.07 Å². The van der Waals surface area contributed by atoms with Crippen LogP contribution in [-0.2, 0) is 4.74 Å². The average molecular weight is 302 g/mol. The number of ether oxygens (including phenoxy) is 1. The van der Waals surface area contributed by atoms with Crippen LogP contribution in [-0.4, -0.2) is 19.0 Å². The van der Waals surface area contributed by atoms with Gasteiger partial charge in [-0.15, -0.1) is 0 Å². The van der Waals surface area contributed by atoms with Crippen LogP contribution in [0, 0.1) is 24.1 Å². The van der Waals surface area contributed by atoms with E-state index in [0.29, 0.717) is 0 Å². The molecular formula is C15H11FN2O4. The van der Waals surface area contributed by atoms with Crippen molar-refractivity contribution in [3.05, 3.63) is 52.5 Å². The number of furan rings is 1. The summed E-state index contributed by atoms with van der Waals surface area (Å²) in [5, 5.41) is 11.5. The van der Waals surface area contributed by atoms with E-state index in [1.807, 2.05) is 0 Å². The van der Waals surface area contributed by atoms with Gasteiger partial charge in [0, 0.05) is 5.56 Å². The van der Waals surface area contributed by atoms with Gasteiger partial charge in [0.05, 0.1) is 7.11 Å². The van der Waals surface area contributed by atoms with Crippen molar-refractivity contribution in [3.63, 3.8) is 0 Å². The van der Waals surface area contributed by atoms with Crippen LogP contribution in [0.1, 0.15) is 32.0 Å². The summed E-state index contributed by atoms with van der Waals surface area (Å²) in [5.41, 5.74) is 0.0122. The molecule has 0 aliphatic heterocycles. The first kappa shape index (κ1) is 15.3. The number of esters is 1. The number of benzene rings is 1. The van der Waals surface area contributed by atoms with Crippen LogP contribution in [0.25, 0.3) is 0 Å². The van der Waals surface area contributed by atoms with Gasteiger partial charge >= 0.3 is 5.97 Å². The molecule has 6 nitrogen and oxygen atoms in total. The van der Waals surface area contributed by atoms with Gasteiger partial charge in [-0.2, -0.15) is 5.26 Å². The van der Waals surface area contributed by atoms with Crippen molar-refractivity contribution in [1.29, 1.82) is 5.26 Å². The number of hydrogen-bond acceptors (Lipinski definition) is 5. The lowest BCUT2D eigenvalue weighted by Crippen LogP contribution is -2.12. The predicted octanol–water partition coefficient (Wildman–Crippen LogP) is 2.64. The van der Waals surface area contributed by atoms with Crippen LogP contribution in [0.3, 0.4) is 0 Å². The minimum Gasteiger partial charge on any atom is -0.465 e. The molecule has 0 fully saturated rings. The van der Waals surface area contributed by atoms with E-state index in [9.17, 15) is 14.0 Å². The van der Waals surface area contributed by atoms with Crippen LogP contribution >= 0.6 is 0 Å². The summed E-state index contributed by atoms with van der Waals surface area (Å²) < 4.78 is 22.7. The van der Waals surface area contributed by atoms with Crippen molar-refractivity contribution in [2.75, 3.05) is 12.4 Å². The summed E-state index contributed by atoms with van der Waals surface area (Å²) in [5.74, 6) is -1.81. The monoisotopic (exact) mass is 302 g/mol. The highest BCUT2D eigenvalue weighted by Gasteiger charge is 2.25. The molecule has 112 valence electrons. The Morgan fingerprint density at radius 2 is 1.95 bits per heavy atom. The number of aryl methyl sites for hydroxylation is 1. The van der Waals surface area contributed by atoms with E-state index in [-0.39, 0.29) is 28.3 Å². The van der Waals surface area contributed by atoms with Gasteiger partial charge in [-0.25, -0.2) is 9.18 Å². The lowest BCUT2D eigenvalue weighted by molar-refractivity contribution is 0.0598. The van der Waals surface area contributed by atoms with E-state index in [1.165, 1.54) is 26.2 Å². The maximum absolute atomic E-state index is 12.8. The maximum atomic E-state index is 12.8. The average Bonchev–Trinajstić information content (AvgIpc) is 2.82. The second kappa shape index (κ2) is 6.10. The van der Waals surface area contributed by atoms with Gasteiger partial charge < -0.3 is 9.15 Å². The molecule has 0 aliphatic rings. The molecule has 7 heteroatoms. The number of nitrogens with one attached hydrogen (secondary N) is 1. The number of carbonyl (C=O) groups is 2. The molecule has 0 saturated carbocycles. The van der Waals surface area contributed by atoms with Gasteiger partial charge in [0.2, 0.25) is 5.88 Å². The first-order valence-corrected chi connectivity index (χ1v) is 6.16. The summed E-state index contributed by atoms with van der Waals surface area (Å²) in [6, 6.07) is 6.63. The van der Waals surface area contributed by atoms with E-state index >= 15 is 0 Å². The van der Waals surface area contributed by atoms with Gasteiger partial charge in [-0.1, -0.05) is 0 Å². The highest BCUT2D eigenvalue weighted by molar-refractivity contribution is 6.05. The van der Waals surface area contributed by atoms with Gasteiger partial charge in [-0.05, 0) is 31.2 Å². The number of hydrogen-bond donors (Lipinski definition) is 1. The topological polar surface area (TPSA) is 92.3 Å². The molecule has 1 amide bonds. The standard InChI is InChI=1S/C15H11FN2O4/c1-8-12(15(20)21-2)11(7-17)14(22-8)18-13(19)9-3-5-10(16)6-4-9/h3-6H,1-2H3,(H,18,19). The Kier molecular flexibility index (Phi) is 4.23. The van der Waals surface area contributed by atoms with E-state index < -0.39 is 17.7 Å². The molecule has 0 unspecified atom stereocenters. The Balaban J connectivity index is 2.34. The molecule has 0 spiro atoms. The number of halogens is 1.